The van der Waals surface area contributed by atoms with Gasteiger partial charge in [0.05, 0.1) is 6.54 Å². The molecule has 1 fully saturated rings. The Morgan fingerprint density at radius 3 is 3.09 bits per heavy atom. The molecule has 4 rings (SSSR count). The van der Waals surface area contributed by atoms with E-state index in [1.165, 1.54) is 0 Å². The normalized spacial score (nSPS) is 21.7. The van der Waals surface area contributed by atoms with E-state index in [0.717, 1.165) is 35.6 Å². The molecular formula is C17H19N3O2. The van der Waals surface area contributed by atoms with E-state index in [1.54, 1.807) is 0 Å². The van der Waals surface area contributed by atoms with Crippen molar-refractivity contribution in [3.05, 3.63) is 54.3 Å². The molecule has 0 bridgehead atoms. The number of fused-ring (bicyclic) bond motifs is 1. The Labute approximate surface area is 128 Å². The number of imidazole rings is 1. The van der Waals surface area contributed by atoms with E-state index in [9.17, 15) is 0 Å². The summed E-state index contributed by atoms with van der Waals surface area (Å²) in [5, 5.41) is 4.69. The van der Waals surface area contributed by atoms with Gasteiger partial charge in [0.15, 0.2) is 0 Å². The molecular weight excluding hydrogens is 278 g/mol. The average molecular weight is 297 g/mol. The van der Waals surface area contributed by atoms with Crippen LogP contribution in [-0.2, 0) is 18.3 Å². The number of aryl methyl sites for hydroxylation is 1. The van der Waals surface area contributed by atoms with Crippen LogP contribution in [0.4, 0.5) is 0 Å². The minimum atomic E-state index is 0.00405. The molecule has 0 aliphatic carbocycles. The van der Waals surface area contributed by atoms with Crippen molar-refractivity contribution in [3.8, 4) is 0 Å². The Kier molecular flexibility index (Phi) is 3.44. The molecule has 22 heavy (non-hydrogen) atoms. The number of ether oxygens (including phenoxy) is 1. The molecule has 1 aliphatic rings. The summed E-state index contributed by atoms with van der Waals surface area (Å²) in [6.45, 7) is 1.46. The monoisotopic (exact) mass is 297 g/mol. The van der Waals surface area contributed by atoms with Gasteiger partial charge in [0, 0.05) is 37.5 Å². The Morgan fingerprint density at radius 2 is 2.27 bits per heavy atom. The number of rotatable bonds is 4. The highest BCUT2D eigenvalue weighted by molar-refractivity contribution is 5.77. The van der Waals surface area contributed by atoms with Crippen molar-refractivity contribution < 1.29 is 9.15 Å². The third kappa shape index (κ3) is 2.42. The summed E-state index contributed by atoms with van der Waals surface area (Å²) >= 11 is 0. The van der Waals surface area contributed by atoms with Crippen molar-refractivity contribution in [2.45, 2.75) is 25.1 Å². The van der Waals surface area contributed by atoms with Gasteiger partial charge in [-0.25, -0.2) is 4.98 Å². The average Bonchev–Trinajstić information content (AvgIpc) is 3.23. The molecule has 114 valence electrons. The first-order chi connectivity index (χ1) is 10.8. The van der Waals surface area contributed by atoms with Gasteiger partial charge in [0.25, 0.3) is 0 Å². The van der Waals surface area contributed by atoms with Crippen molar-refractivity contribution in [3.63, 3.8) is 0 Å². The van der Waals surface area contributed by atoms with Gasteiger partial charge in [-0.1, -0.05) is 18.2 Å². The lowest BCUT2D eigenvalue weighted by Crippen LogP contribution is -2.32. The molecule has 0 radical (unpaired) electrons. The third-order valence-corrected chi connectivity index (χ3v) is 4.22. The number of para-hydroxylation sites is 1. The van der Waals surface area contributed by atoms with Crippen LogP contribution in [0.25, 0.3) is 11.0 Å². The minimum Gasteiger partial charge on any atom is -0.460 e. The second-order valence-corrected chi connectivity index (χ2v) is 5.71. The maximum Gasteiger partial charge on any atom is 0.139 e. The molecule has 1 N–H and O–H groups in total. The molecule has 2 atom stereocenters. The second-order valence-electron chi connectivity index (χ2n) is 5.71. The standard InChI is InChI=1S/C17H19N3O2/c1-20-8-7-18-17(20)16-14(6-9-21-16)19-11-13-10-12-4-2-3-5-15(12)22-13/h2-5,7-8,10,14,16,19H,6,9,11H2,1H3/t14-,16-/m0/s1. The van der Waals surface area contributed by atoms with Gasteiger partial charge in [-0.2, -0.15) is 0 Å². The molecule has 0 amide bonds. The maximum atomic E-state index is 5.86. The van der Waals surface area contributed by atoms with Crippen LogP contribution in [0, 0.1) is 0 Å². The minimum absolute atomic E-state index is 0.00405. The first-order valence-electron chi connectivity index (χ1n) is 7.61. The Bertz CT molecular complexity index is 744. The number of aromatic nitrogens is 2. The number of furan rings is 1. The van der Waals surface area contributed by atoms with E-state index in [1.807, 2.05) is 42.2 Å². The van der Waals surface area contributed by atoms with Gasteiger partial charge < -0.3 is 19.0 Å². The van der Waals surface area contributed by atoms with Crippen LogP contribution in [0.1, 0.15) is 24.1 Å². The fourth-order valence-corrected chi connectivity index (χ4v) is 3.06. The highest BCUT2D eigenvalue weighted by Crippen LogP contribution is 2.28. The zero-order valence-electron chi connectivity index (χ0n) is 12.5. The van der Waals surface area contributed by atoms with E-state index >= 15 is 0 Å². The van der Waals surface area contributed by atoms with Crippen molar-refractivity contribution in [1.82, 2.24) is 14.9 Å². The van der Waals surface area contributed by atoms with Gasteiger partial charge in [-0.05, 0) is 18.6 Å². The summed E-state index contributed by atoms with van der Waals surface area (Å²) in [6, 6.07) is 10.4. The highest BCUT2D eigenvalue weighted by atomic mass is 16.5. The van der Waals surface area contributed by atoms with Crippen molar-refractivity contribution in [1.29, 1.82) is 0 Å². The summed E-state index contributed by atoms with van der Waals surface area (Å²) in [7, 11) is 2.00. The van der Waals surface area contributed by atoms with Gasteiger partial charge in [0.2, 0.25) is 0 Å². The van der Waals surface area contributed by atoms with E-state index in [-0.39, 0.29) is 12.1 Å². The predicted octanol–water partition coefficient (Wildman–Crippen LogP) is 2.79. The quantitative estimate of drug-likeness (QED) is 0.804. The highest BCUT2D eigenvalue weighted by Gasteiger charge is 2.32. The van der Waals surface area contributed by atoms with Crippen LogP contribution in [0.3, 0.4) is 0 Å². The largest absolute Gasteiger partial charge is 0.460 e. The van der Waals surface area contributed by atoms with Gasteiger partial charge in [0.1, 0.15) is 23.3 Å². The van der Waals surface area contributed by atoms with Crippen molar-refractivity contribution in [2.75, 3.05) is 6.61 Å². The number of nitrogens with zero attached hydrogens (tertiary/aromatic N) is 2. The van der Waals surface area contributed by atoms with Gasteiger partial charge in [-0.15, -0.1) is 0 Å². The van der Waals surface area contributed by atoms with E-state index in [2.05, 4.69) is 22.4 Å². The Balaban J connectivity index is 1.47. The van der Waals surface area contributed by atoms with Crippen molar-refractivity contribution >= 4 is 11.0 Å². The SMILES string of the molecule is Cn1ccnc1[C@H]1OCC[C@@H]1NCc1cc2ccccc2o1. The van der Waals surface area contributed by atoms with Crippen LogP contribution in [-0.4, -0.2) is 22.2 Å². The van der Waals surface area contributed by atoms with Gasteiger partial charge >= 0.3 is 0 Å². The number of benzene rings is 1. The van der Waals surface area contributed by atoms with E-state index in [4.69, 9.17) is 9.15 Å². The van der Waals surface area contributed by atoms with E-state index in [0.29, 0.717) is 6.54 Å². The number of hydrogen-bond acceptors (Lipinski definition) is 4. The summed E-state index contributed by atoms with van der Waals surface area (Å²) in [4.78, 5) is 4.41. The molecule has 1 aliphatic heterocycles. The second kappa shape index (κ2) is 5.59. The molecule has 3 heterocycles. The zero-order chi connectivity index (χ0) is 14.9. The van der Waals surface area contributed by atoms with Crippen LogP contribution < -0.4 is 5.32 Å². The lowest BCUT2D eigenvalue weighted by Gasteiger charge is -2.19. The predicted molar refractivity (Wildman–Crippen MR) is 83.4 cm³/mol. The van der Waals surface area contributed by atoms with E-state index < -0.39 is 0 Å². The molecule has 1 aromatic carbocycles. The molecule has 0 unspecified atom stereocenters. The lowest BCUT2D eigenvalue weighted by molar-refractivity contribution is 0.0889. The summed E-state index contributed by atoms with van der Waals surface area (Å²) in [6.07, 6.45) is 4.75. The van der Waals surface area contributed by atoms with Crippen molar-refractivity contribution in [2.24, 2.45) is 7.05 Å². The Morgan fingerprint density at radius 1 is 1.36 bits per heavy atom. The zero-order valence-corrected chi connectivity index (χ0v) is 12.5. The number of nitrogens with one attached hydrogen (secondary N) is 1. The molecule has 0 spiro atoms. The first-order valence-corrected chi connectivity index (χ1v) is 7.61. The molecule has 1 saturated heterocycles. The molecule has 5 heteroatoms. The third-order valence-electron chi connectivity index (χ3n) is 4.22. The molecule has 0 saturated carbocycles. The van der Waals surface area contributed by atoms with Crippen LogP contribution in [0.2, 0.25) is 0 Å². The van der Waals surface area contributed by atoms with Gasteiger partial charge in [-0.3, -0.25) is 0 Å². The van der Waals surface area contributed by atoms with Crippen LogP contribution >= 0.6 is 0 Å². The summed E-state index contributed by atoms with van der Waals surface area (Å²) in [5.74, 6) is 1.92. The molecule has 5 nitrogen and oxygen atoms in total. The Hall–Kier alpha value is -2.11. The molecule has 3 aromatic rings. The number of hydrogen-bond donors (Lipinski definition) is 1. The maximum absolute atomic E-state index is 5.86. The fourth-order valence-electron chi connectivity index (χ4n) is 3.06. The topological polar surface area (TPSA) is 52.2 Å². The summed E-state index contributed by atoms with van der Waals surface area (Å²) in [5.41, 5.74) is 0.933. The molecule has 2 aromatic heterocycles. The fraction of sp³-hybridized carbons (Fsp3) is 0.353. The smallest absolute Gasteiger partial charge is 0.139 e. The van der Waals surface area contributed by atoms with Crippen LogP contribution in [0.15, 0.2) is 47.1 Å². The first kappa shape index (κ1) is 13.5. The van der Waals surface area contributed by atoms with Crippen LogP contribution in [0.5, 0.6) is 0 Å². The summed E-state index contributed by atoms with van der Waals surface area (Å²) < 4.78 is 13.7. The lowest BCUT2D eigenvalue weighted by atomic mass is 10.1.